The van der Waals surface area contributed by atoms with Crippen molar-refractivity contribution in [2.75, 3.05) is 19.0 Å². The number of imide groups is 1. The van der Waals surface area contributed by atoms with E-state index in [2.05, 4.69) is 0 Å². The topological polar surface area (TPSA) is 84.9 Å². The number of nitrogens with one attached hydrogen (secondary N) is 1. The first-order chi connectivity index (χ1) is 18.2. The fourth-order valence-electron chi connectivity index (χ4n) is 3.38. The molecule has 0 aliphatic carbocycles. The van der Waals surface area contributed by atoms with Crippen molar-refractivity contribution in [2.24, 2.45) is 0 Å². The Morgan fingerprint density at radius 3 is 2.42 bits per heavy atom. The zero-order valence-corrected chi connectivity index (χ0v) is 20.4. The standard InChI is InChI=1S/C26H18F4N2O5S/c1-36-20-10-15(4-9-19(20)37-13-14-2-5-16(27)6-3-14)11-21-25(34)32(26(35)38-21)12-22(33)31-18-8-7-17(28)23(29)24(18)30/h2-11H,12-13H2,1H3,(H,31,33)/b21-11-. The molecule has 0 bridgehead atoms. The summed E-state index contributed by atoms with van der Waals surface area (Å²) in [6.07, 6.45) is 1.42. The third kappa shape index (κ3) is 5.97. The molecule has 0 unspecified atom stereocenters. The Labute approximate surface area is 218 Å². The van der Waals surface area contributed by atoms with Crippen molar-refractivity contribution >= 4 is 40.6 Å². The van der Waals surface area contributed by atoms with E-state index >= 15 is 0 Å². The second-order valence-corrected chi connectivity index (χ2v) is 8.86. The average molecular weight is 546 g/mol. The normalized spacial score (nSPS) is 14.2. The van der Waals surface area contributed by atoms with E-state index in [-0.39, 0.29) is 17.3 Å². The SMILES string of the molecule is COc1cc(/C=C2\SC(=O)N(CC(=O)Nc3ccc(F)c(F)c3F)C2=O)ccc1OCc1ccc(F)cc1. The maximum Gasteiger partial charge on any atom is 0.294 e. The Hall–Kier alpha value is -4.32. The molecule has 1 fully saturated rings. The van der Waals surface area contributed by atoms with Gasteiger partial charge >= 0.3 is 0 Å². The van der Waals surface area contributed by atoms with Gasteiger partial charge < -0.3 is 14.8 Å². The number of rotatable bonds is 8. The lowest BCUT2D eigenvalue weighted by molar-refractivity contribution is -0.127. The predicted molar refractivity (Wildman–Crippen MR) is 131 cm³/mol. The van der Waals surface area contributed by atoms with Crippen LogP contribution in [0.15, 0.2) is 59.5 Å². The van der Waals surface area contributed by atoms with Crippen LogP contribution in [0.1, 0.15) is 11.1 Å². The van der Waals surface area contributed by atoms with E-state index in [0.717, 1.165) is 11.6 Å². The number of hydrogen-bond donors (Lipinski definition) is 1. The molecular weight excluding hydrogens is 528 g/mol. The zero-order valence-electron chi connectivity index (χ0n) is 19.6. The number of anilines is 1. The number of methoxy groups -OCH3 is 1. The van der Waals surface area contributed by atoms with Gasteiger partial charge in [-0.25, -0.2) is 17.6 Å². The van der Waals surface area contributed by atoms with E-state index in [0.29, 0.717) is 39.8 Å². The van der Waals surface area contributed by atoms with E-state index in [1.807, 2.05) is 5.32 Å². The fraction of sp³-hybridized carbons (Fsp3) is 0.115. The molecule has 3 aromatic carbocycles. The van der Waals surface area contributed by atoms with E-state index < -0.39 is 46.7 Å². The van der Waals surface area contributed by atoms with Crippen molar-refractivity contribution < 1.29 is 41.4 Å². The van der Waals surface area contributed by atoms with Crippen LogP contribution >= 0.6 is 11.8 Å². The average Bonchev–Trinajstić information content (AvgIpc) is 3.16. The molecule has 0 radical (unpaired) electrons. The highest BCUT2D eigenvalue weighted by Gasteiger charge is 2.36. The number of thioether (sulfide) groups is 1. The van der Waals surface area contributed by atoms with Crippen molar-refractivity contribution in [1.29, 1.82) is 0 Å². The van der Waals surface area contributed by atoms with Crippen LogP contribution in [0, 0.1) is 23.3 Å². The maximum atomic E-state index is 13.8. The first kappa shape index (κ1) is 26.7. The molecule has 4 rings (SSSR count). The van der Waals surface area contributed by atoms with Gasteiger partial charge in [0, 0.05) is 0 Å². The van der Waals surface area contributed by atoms with Crippen molar-refractivity contribution in [3.63, 3.8) is 0 Å². The van der Waals surface area contributed by atoms with Crippen molar-refractivity contribution in [3.8, 4) is 11.5 Å². The molecule has 0 spiro atoms. The van der Waals surface area contributed by atoms with Gasteiger partial charge in [-0.15, -0.1) is 0 Å². The van der Waals surface area contributed by atoms with Crippen LogP contribution in [0.5, 0.6) is 11.5 Å². The summed E-state index contributed by atoms with van der Waals surface area (Å²) in [5.74, 6) is -6.18. The van der Waals surface area contributed by atoms with Gasteiger partial charge in [-0.2, -0.15) is 0 Å². The molecule has 1 heterocycles. The number of carbonyl (C=O) groups excluding carboxylic acids is 3. The van der Waals surface area contributed by atoms with Gasteiger partial charge in [0.2, 0.25) is 5.91 Å². The van der Waals surface area contributed by atoms with E-state index in [9.17, 15) is 31.9 Å². The number of hydrogen-bond acceptors (Lipinski definition) is 6. The first-order valence-electron chi connectivity index (χ1n) is 10.9. The predicted octanol–water partition coefficient (Wildman–Crippen LogP) is 5.51. The van der Waals surface area contributed by atoms with Crippen molar-refractivity contribution in [2.45, 2.75) is 6.61 Å². The third-order valence-corrected chi connectivity index (χ3v) is 6.19. The van der Waals surface area contributed by atoms with Crippen LogP contribution in [-0.2, 0) is 16.2 Å². The molecule has 12 heteroatoms. The Morgan fingerprint density at radius 2 is 1.71 bits per heavy atom. The van der Waals surface area contributed by atoms with Gasteiger partial charge in [0.05, 0.1) is 17.7 Å². The summed E-state index contributed by atoms with van der Waals surface area (Å²) in [6, 6.07) is 12.0. The van der Waals surface area contributed by atoms with E-state index in [1.54, 1.807) is 30.3 Å². The molecule has 0 aromatic heterocycles. The third-order valence-electron chi connectivity index (χ3n) is 5.28. The number of ether oxygens (including phenoxy) is 2. The summed E-state index contributed by atoms with van der Waals surface area (Å²) in [7, 11) is 1.42. The van der Waals surface area contributed by atoms with Gasteiger partial charge in [0.1, 0.15) is 19.0 Å². The molecule has 3 aromatic rings. The Kier molecular flexibility index (Phi) is 8.01. The molecule has 1 N–H and O–H groups in total. The van der Waals surface area contributed by atoms with Crippen LogP contribution < -0.4 is 14.8 Å². The smallest absolute Gasteiger partial charge is 0.294 e. The highest BCUT2D eigenvalue weighted by atomic mass is 32.2. The number of halogens is 4. The van der Waals surface area contributed by atoms with E-state index in [4.69, 9.17) is 9.47 Å². The van der Waals surface area contributed by atoms with Gasteiger partial charge in [-0.05, 0) is 65.4 Å². The summed E-state index contributed by atoms with van der Waals surface area (Å²) in [6.45, 7) is -0.606. The molecule has 0 atom stereocenters. The minimum atomic E-state index is -1.76. The summed E-state index contributed by atoms with van der Waals surface area (Å²) >= 11 is 0.591. The highest BCUT2D eigenvalue weighted by Crippen LogP contribution is 2.35. The van der Waals surface area contributed by atoms with Crippen LogP contribution in [0.3, 0.4) is 0 Å². The van der Waals surface area contributed by atoms with Crippen LogP contribution in [0.2, 0.25) is 0 Å². The summed E-state index contributed by atoms with van der Waals surface area (Å²) in [5, 5.41) is 1.27. The monoisotopic (exact) mass is 546 g/mol. The van der Waals surface area contributed by atoms with Crippen molar-refractivity contribution in [1.82, 2.24) is 4.90 Å². The molecule has 7 nitrogen and oxygen atoms in total. The lowest BCUT2D eigenvalue weighted by Gasteiger charge is -2.13. The molecule has 196 valence electrons. The Morgan fingerprint density at radius 1 is 0.974 bits per heavy atom. The molecule has 1 saturated heterocycles. The number of amides is 3. The molecule has 0 saturated carbocycles. The lowest BCUT2D eigenvalue weighted by Crippen LogP contribution is -2.36. The quantitative estimate of drug-likeness (QED) is 0.228. The molecule has 38 heavy (non-hydrogen) atoms. The van der Waals surface area contributed by atoms with Crippen LogP contribution in [-0.4, -0.2) is 35.6 Å². The van der Waals surface area contributed by atoms with Crippen LogP contribution in [0.4, 0.5) is 28.0 Å². The second-order valence-electron chi connectivity index (χ2n) is 7.86. The summed E-state index contributed by atoms with van der Waals surface area (Å²) < 4.78 is 64.4. The highest BCUT2D eigenvalue weighted by molar-refractivity contribution is 8.18. The van der Waals surface area contributed by atoms with Gasteiger partial charge in [-0.1, -0.05) is 18.2 Å². The molecular formula is C26H18F4N2O5S. The largest absolute Gasteiger partial charge is 0.493 e. The van der Waals surface area contributed by atoms with E-state index in [1.165, 1.54) is 25.3 Å². The molecule has 3 amide bonds. The number of benzene rings is 3. The maximum absolute atomic E-state index is 13.8. The zero-order chi connectivity index (χ0) is 27.4. The first-order valence-corrected chi connectivity index (χ1v) is 11.7. The molecule has 1 aliphatic heterocycles. The van der Waals surface area contributed by atoms with Gasteiger partial charge in [0.15, 0.2) is 29.0 Å². The van der Waals surface area contributed by atoms with Gasteiger partial charge in [-0.3, -0.25) is 19.3 Å². The Bertz CT molecular complexity index is 1450. The summed E-state index contributed by atoms with van der Waals surface area (Å²) in [4.78, 5) is 38.0. The second kappa shape index (κ2) is 11.4. The minimum Gasteiger partial charge on any atom is -0.493 e. The van der Waals surface area contributed by atoms with Crippen LogP contribution in [0.25, 0.3) is 6.08 Å². The van der Waals surface area contributed by atoms with Crippen molar-refractivity contribution in [3.05, 3.63) is 93.9 Å². The van der Waals surface area contributed by atoms with Gasteiger partial charge in [0.25, 0.3) is 11.1 Å². The minimum absolute atomic E-state index is 0.0174. The fourth-order valence-corrected chi connectivity index (χ4v) is 4.22. The number of carbonyl (C=O) groups is 3. The lowest BCUT2D eigenvalue weighted by atomic mass is 10.1. The number of nitrogens with zero attached hydrogens (tertiary/aromatic N) is 1. The summed E-state index contributed by atoms with van der Waals surface area (Å²) in [5.41, 5.74) is 0.600. The Balaban J connectivity index is 1.43. The molecule has 1 aliphatic rings.